The Morgan fingerprint density at radius 2 is 2.33 bits per heavy atom. The first-order valence-corrected chi connectivity index (χ1v) is 5.71. The van der Waals surface area contributed by atoms with Crippen LogP contribution in [0.4, 0.5) is 5.69 Å². The molecule has 0 aliphatic heterocycles. The molecule has 2 aromatic rings. The van der Waals surface area contributed by atoms with Gasteiger partial charge in [-0.25, -0.2) is 9.97 Å². The third-order valence-corrected chi connectivity index (χ3v) is 3.10. The van der Waals surface area contributed by atoms with Crippen LogP contribution in [-0.4, -0.2) is 9.97 Å². The molecular formula is C10H10ClN3S. The smallest absolute Gasteiger partial charge is 0.152 e. The highest BCUT2D eigenvalue weighted by molar-refractivity contribution is 7.11. The predicted molar refractivity (Wildman–Crippen MR) is 63.4 cm³/mol. The summed E-state index contributed by atoms with van der Waals surface area (Å²) in [5.74, 6) is 0. The maximum Gasteiger partial charge on any atom is 0.152 e. The summed E-state index contributed by atoms with van der Waals surface area (Å²) in [5.41, 5.74) is 0.852. The summed E-state index contributed by atoms with van der Waals surface area (Å²) in [5, 5.41) is 4.79. The molecule has 0 aliphatic rings. The Kier molecular flexibility index (Phi) is 3.18. The quantitative estimate of drug-likeness (QED) is 0.837. The molecule has 15 heavy (non-hydrogen) atoms. The second-order valence-electron chi connectivity index (χ2n) is 3.04. The van der Waals surface area contributed by atoms with E-state index in [1.54, 1.807) is 17.5 Å². The van der Waals surface area contributed by atoms with Crippen LogP contribution in [0.5, 0.6) is 0 Å². The van der Waals surface area contributed by atoms with Gasteiger partial charge >= 0.3 is 0 Å². The molecule has 0 atom stereocenters. The number of pyridine rings is 1. The second-order valence-corrected chi connectivity index (χ2v) is 4.72. The Bertz CT molecular complexity index is 455. The number of nitrogens with one attached hydrogen (secondary N) is 1. The van der Waals surface area contributed by atoms with Gasteiger partial charge < -0.3 is 5.32 Å². The van der Waals surface area contributed by atoms with Crippen LogP contribution in [0.25, 0.3) is 0 Å². The van der Waals surface area contributed by atoms with Gasteiger partial charge in [-0.2, -0.15) is 0 Å². The van der Waals surface area contributed by atoms with E-state index in [0.29, 0.717) is 5.15 Å². The Hall–Kier alpha value is -1.13. The van der Waals surface area contributed by atoms with Gasteiger partial charge in [-0.05, 0) is 19.1 Å². The zero-order valence-corrected chi connectivity index (χ0v) is 9.77. The van der Waals surface area contributed by atoms with Crippen molar-refractivity contribution in [1.82, 2.24) is 9.97 Å². The highest BCUT2D eigenvalue weighted by Gasteiger charge is 2.01. The predicted octanol–water partition coefficient (Wildman–Crippen LogP) is 3.11. The molecule has 5 heteroatoms. The van der Waals surface area contributed by atoms with Gasteiger partial charge in [0.15, 0.2) is 5.15 Å². The third-order valence-electron chi connectivity index (χ3n) is 1.88. The third kappa shape index (κ3) is 2.67. The Labute approximate surface area is 97.2 Å². The maximum absolute atomic E-state index is 5.91. The number of aromatic nitrogens is 2. The van der Waals surface area contributed by atoms with Crippen LogP contribution in [0.15, 0.2) is 24.5 Å². The molecule has 0 bridgehead atoms. The van der Waals surface area contributed by atoms with Crippen molar-refractivity contribution in [2.24, 2.45) is 0 Å². The summed E-state index contributed by atoms with van der Waals surface area (Å²) in [6.45, 7) is 2.72. The molecule has 0 amide bonds. The molecule has 3 nitrogen and oxygen atoms in total. The summed E-state index contributed by atoms with van der Waals surface area (Å²) in [6, 6.07) is 3.76. The summed E-state index contributed by atoms with van der Waals surface area (Å²) in [6.07, 6.45) is 3.54. The number of anilines is 1. The first-order valence-electron chi connectivity index (χ1n) is 4.51. The first kappa shape index (κ1) is 10.4. The van der Waals surface area contributed by atoms with E-state index in [1.807, 2.05) is 25.3 Å². The number of halogens is 1. The number of rotatable bonds is 3. The molecule has 0 unspecified atom stereocenters. The van der Waals surface area contributed by atoms with Crippen molar-refractivity contribution in [3.05, 3.63) is 39.6 Å². The van der Waals surface area contributed by atoms with Crippen molar-refractivity contribution in [1.29, 1.82) is 0 Å². The number of hydrogen-bond donors (Lipinski definition) is 1. The summed E-state index contributed by atoms with van der Waals surface area (Å²) in [4.78, 5) is 9.36. The maximum atomic E-state index is 5.91. The molecule has 78 valence electrons. The monoisotopic (exact) mass is 239 g/mol. The van der Waals surface area contributed by atoms with E-state index in [-0.39, 0.29) is 0 Å². The molecule has 0 saturated heterocycles. The van der Waals surface area contributed by atoms with E-state index in [0.717, 1.165) is 17.2 Å². The minimum absolute atomic E-state index is 0.499. The van der Waals surface area contributed by atoms with E-state index in [9.17, 15) is 0 Å². The Balaban J connectivity index is 2.02. The van der Waals surface area contributed by atoms with Gasteiger partial charge in [0, 0.05) is 17.3 Å². The fourth-order valence-electron chi connectivity index (χ4n) is 1.19. The highest BCUT2D eigenvalue weighted by atomic mass is 35.5. The topological polar surface area (TPSA) is 37.8 Å². The number of aryl methyl sites for hydroxylation is 1. The lowest BCUT2D eigenvalue weighted by Gasteiger charge is -2.04. The molecule has 1 N–H and O–H groups in total. The fourth-order valence-corrected chi connectivity index (χ4v) is 2.11. The van der Waals surface area contributed by atoms with E-state index < -0.39 is 0 Å². The molecule has 0 aromatic carbocycles. The average Bonchev–Trinajstić information content (AvgIpc) is 2.63. The highest BCUT2D eigenvalue weighted by Crippen LogP contribution is 2.19. The minimum atomic E-state index is 0.499. The molecule has 0 radical (unpaired) electrons. The number of thiazole rings is 1. The van der Waals surface area contributed by atoms with Crippen LogP contribution in [0.3, 0.4) is 0 Å². The van der Waals surface area contributed by atoms with Gasteiger partial charge in [-0.3, -0.25) is 0 Å². The number of hydrogen-bond acceptors (Lipinski definition) is 4. The largest absolute Gasteiger partial charge is 0.378 e. The lowest BCUT2D eigenvalue weighted by molar-refractivity contribution is 1.15. The van der Waals surface area contributed by atoms with Crippen LogP contribution in [0.2, 0.25) is 5.15 Å². The minimum Gasteiger partial charge on any atom is -0.378 e. The van der Waals surface area contributed by atoms with E-state index >= 15 is 0 Å². The standard InChI is InChI=1S/C10H10ClN3S/c1-7-13-5-8(15-7)6-14-9-3-2-4-12-10(9)11/h2-5,14H,6H2,1H3. The zero-order valence-electron chi connectivity index (χ0n) is 8.20. The van der Waals surface area contributed by atoms with Crippen molar-refractivity contribution < 1.29 is 0 Å². The molecule has 0 aliphatic carbocycles. The van der Waals surface area contributed by atoms with Crippen molar-refractivity contribution in [2.45, 2.75) is 13.5 Å². The van der Waals surface area contributed by atoms with Gasteiger partial charge in [0.1, 0.15) is 0 Å². The van der Waals surface area contributed by atoms with Crippen molar-refractivity contribution in [2.75, 3.05) is 5.32 Å². The average molecular weight is 240 g/mol. The van der Waals surface area contributed by atoms with Gasteiger partial charge in [0.2, 0.25) is 0 Å². The SMILES string of the molecule is Cc1ncc(CNc2cccnc2Cl)s1. The zero-order chi connectivity index (χ0) is 10.7. The molecule has 0 fully saturated rings. The summed E-state index contributed by atoms with van der Waals surface area (Å²) in [7, 11) is 0. The molecular weight excluding hydrogens is 230 g/mol. The second kappa shape index (κ2) is 4.59. The molecule has 0 saturated carbocycles. The lowest BCUT2D eigenvalue weighted by atomic mass is 10.4. The van der Waals surface area contributed by atoms with Crippen LogP contribution in [0, 0.1) is 6.92 Å². The first-order chi connectivity index (χ1) is 7.25. The van der Waals surface area contributed by atoms with E-state index in [1.165, 1.54) is 4.88 Å². The van der Waals surface area contributed by atoms with E-state index in [4.69, 9.17) is 11.6 Å². The van der Waals surface area contributed by atoms with Crippen LogP contribution in [0.1, 0.15) is 9.88 Å². The Morgan fingerprint density at radius 3 is 3.00 bits per heavy atom. The van der Waals surface area contributed by atoms with Crippen LogP contribution < -0.4 is 5.32 Å². The summed E-state index contributed by atoms with van der Waals surface area (Å²) < 4.78 is 0. The fraction of sp³-hybridized carbons (Fsp3) is 0.200. The normalized spacial score (nSPS) is 10.3. The summed E-state index contributed by atoms with van der Waals surface area (Å²) >= 11 is 7.59. The van der Waals surface area contributed by atoms with Gasteiger partial charge in [0.05, 0.1) is 17.2 Å². The van der Waals surface area contributed by atoms with Crippen LogP contribution in [-0.2, 0) is 6.54 Å². The van der Waals surface area contributed by atoms with Crippen molar-refractivity contribution in [3.63, 3.8) is 0 Å². The van der Waals surface area contributed by atoms with Crippen molar-refractivity contribution >= 4 is 28.6 Å². The van der Waals surface area contributed by atoms with Gasteiger partial charge in [0.25, 0.3) is 0 Å². The molecule has 2 heterocycles. The van der Waals surface area contributed by atoms with Crippen LogP contribution >= 0.6 is 22.9 Å². The number of nitrogens with zero attached hydrogens (tertiary/aromatic N) is 2. The lowest BCUT2D eigenvalue weighted by Crippen LogP contribution is -1.98. The van der Waals surface area contributed by atoms with E-state index in [2.05, 4.69) is 15.3 Å². The molecule has 2 aromatic heterocycles. The van der Waals surface area contributed by atoms with Gasteiger partial charge in [-0.15, -0.1) is 11.3 Å². The van der Waals surface area contributed by atoms with Gasteiger partial charge in [-0.1, -0.05) is 11.6 Å². The molecule has 2 rings (SSSR count). The molecule has 0 spiro atoms. The Morgan fingerprint density at radius 1 is 1.47 bits per heavy atom. The van der Waals surface area contributed by atoms with Crippen molar-refractivity contribution in [3.8, 4) is 0 Å².